The number of carbonyl (C=O) groups is 3. The van der Waals surface area contributed by atoms with Crippen LogP contribution in [0.2, 0.25) is 0 Å². The average Bonchev–Trinajstić information content (AvgIpc) is 1.82. The van der Waals surface area contributed by atoms with Gasteiger partial charge in [-0.15, -0.1) is 0 Å². The Balaban J connectivity index is 0. The van der Waals surface area contributed by atoms with E-state index in [1.54, 1.807) is 0 Å². The molecule has 8 heteroatoms. The Bertz CT molecular complexity index is 233. The number of aliphatic carboxylic acids is 3. The van der Waals surface area contributed by atoms with Crippen LogP contribution in [0.25, 0.3) is 0 Å². The molecule has 0 saturated heterocycles. The van der Waals surface area contributed by atoms with Gasteiger partial charge in [-0.25, -0.2) is 4.79 Å². The van der Waals surface area contributed by atoms with E-state index in [1.165, 1.54) is 0 Å². The molecule has 0 fully saturated rings. The van der Waals surface area contributed by atoms with Crippen LogP contribution in [-0.4, -0.2) is 43.9 Å². The summed E-state index contributed by atoms with van der Waals surface area (Å²) in [4.78, 5) is 30.5. The van der Waals surface area contributed by atoms with Crippen molar-refractivity contribution in [1.29, 1.82) is 0 Å². The van der Waals surface area contributed by atoms with Crippen LogP contribution in [0.3, 0.4) is 0 Å². The van der Waals surface area contributed by atoms with E-state index in [-0.39, 0.29) is 22.4 Å². The molecule has 0 heterocycles. The van der Waals surface area contributed by atoms with Crippen molar-refractivity contribution in [2.45, 2.75) is 18.4 Å². The van der Waals surface area contributed by atoms with E-state index in [0.717, 1.165) is 0 Å². The Labute approximate surface area is 93.9 Å². The summed E-state index contributed by atoms with van der Waals surface area (Å²) in [5, 5.41) is 33.8. The van der Waals surface area contributed by atoms with Crippen molar-refractivity contribution in [3.05, 3.63) is 0 Å². The Kier molecular flexibility index (Phi) is 6.41. The average molecular weight is 389 g/mol. The second-order valence-corrected chi connectivity index (χ2v) is 2.48. The van der Waals surface area contributed by atoms with Crippen LogP contribution in [0.4, 0.5) is 0 Å². The summed E-state index contributed by atoms with van der Waals surface area (Å²) in [6.45, 7) is 0. The van der Waals surface area contributed by atoms with E-state index >= 15 is 0 Å². The van der Waals surface area contributed by atoms with Crippen molar-refractivity contribution in [3.8, 4) is 0 Å². The van der Waals surface area contributed by atoms with Crippen LogP contribution < -0.4 is 0 Å². The molecule has 4 N–H and O–H groups in total. The Hall–Kier alpha value is -0.890. The summed E-state index contributed by atoms with van der Waals surface area (Å²) in [5.74, 6) is -5.02. The monoisotopic (exact) mass is 389 g/mol. The molecular formula is C6H8AuO7. The van der Waals surface area contributed by atoms with Crippen LogP contribution in [0.1, 0.15) is 12.8 Å². The number of hydrogen-bond acceptors (Lipinski definition) is 4. The maximum atomic E-state index is 10.3. The van der Waals surface area contributed by atoms with E-state index < -0.39 is 36.4 Å². The molecule has 0 amide bonds. The first-order chi connectivity index (χ1) is 5.78. The largest absolute Gasteiger partial charge is 0.481 e. The molecule has 0 aromatic heterocycles. The maximum Gasteiger partial charge on any atom is 0.336 e. The fraction of sp³-hybridized carbons (Fsp3) is 0.500. The molecular weight excluding hydrogens is 381 g/mol. The molecule has 0 bridgehead atoms. The molecule has 1 radical (unpaired) electrons. The van der Waals surface area contributed by atoms with Gasteiger partial charge >= 0.3 is 17.9 Å². The third-order valence-corrected chi connectivity index (χ3v) is 1.29. The Morgan fingerprint density at radius 3 is 1.36 bits per heavy atom. The second-order valence-electron chi connectivity index (χ2n) is 2.48. The van der Waals surface area contributed by atoms with E-state index in [2.05, 4.69) is 0 Å². The molecule has 0 aromatic carbocycles. The van der Waals surface area contributed by atoms with Gasteiger partial charge in [0.05, 0.1) is 12.8 Å². The summed E-state index contributed by atoms with van der Waals surface area (Å²) in [5.41, 5.74) is -2.74. The zero-order chi connectivity index (χ0) is 10.6. The number of carboxylic acids is 3. The van der Waals surface area contributed by atoms with E-state index in [4.69, 9.17) is 20.4 Å². The fourth-order valence-electron chi connectivity index (χ4n) is 0.714. The number of rotatable bonds is 5. The van der Waals surface area contributed by atoms with Crippen molar-refractivity contribution < 1.29 is 57.2 Å². The van der Waals surface area contributed by atoms with Crippen molar-refractivity contribution in [2.24, 2.45) is 0 Å². The summed E-state index contributed by atoms with van der Waals surface area (Å²) < 4.78 is 0. The summed E-state index contributed by atoms with van der Waals surface area (Å²) in [6.07, 6.45) is -2.29. The van der Waals surface area contributed by atoms with Gasteiger partial charge < -0.3 is 20.4 Å². The van der Waals surface area contributed by atoms with Crippen LogP contribution in [0.15, 0.2) is 0 Å². The minimum absolute atomic E-state index is 0. The van der Waals surface area contributed by atoms with Crippen molar-refractivity contribution in [1.82, 2.24) is 0 Å². The van der Waals surface area contributed by atoms with Crippen LogP contribution >= 0.6 is 0 Å². The molecule has 0 spiro atoms. The van der Waals surface area contributed by atoms with Gasteiger partial charge in [-0.05, 0) is 0 Å². The molecule has 0 unspecified atom stereocenters. The fourth-order valence-corrected chi connectivity index (χ4v) is 0.714. The van der Waals surface area contributed by atoms with Gasteiger partial charge in [0.25, 0.3) is 0 Å². The molecule has 0 rings (SSSR count). The van der Waals surface area contributed by atoms with Gasteiger partial charge in [-0.1, -0.05) is 0 Å². The first-order valence-electron chi connectivity index (χ1n) is 3.17. The quantitative estimate of drug-likeness (QED) is 0.432. The Morgan fingerprint density at radius 2 is 1.21 bits per heavy atom. The Morgan fingerprint density at radius 1 is 0.929 bits per heavy atom. The van der Waals surface area contributed by atoms with Crippen molar-refractivity contribution >= 4 is 17.9 Å². The smallest absolute Gasteiger partial charge is 0.336 e. The van der Waals surface area contributed by atoms with E-state index in [0.29, 0.717) is 0 Å². The number of hydrogen-bond donors (Lipinski definition) is 4. The standard InChI is InChI=1S/C6H8O7.Au/c7-3(8)1-6(13,5(11)12)2-4(9)10;/h13H,1-2H2,(H,7,8)(H,9,10)(H,11,12);. The van der Waals surface area contributed by atoms with Gasteiger partial charge in [0, 0.05) is 22.4 Å². The second kappa shape index (κ2) is 5.76. The molecule has 14 heavy (non-hydrogen) atoms. The predicted molar refractivity (Wildman–Crippen MR) is 37.1 cm³/mol. The van der Waals surface area contributed by atoms with Crippen LogP contribution in [-0.2, 0) is 36.8 Å². The zero-order valence-corrected chi connectivity index (χ0v) is 8.90. The minimum atomic E-state index is -2.74. The first-order valence-corrected chi connectivity index (χ1v) is 3.17. The predicted octanol–water partition coefficient (Wildman–Crippen LogP) is -1.25. The number of aliphatic hydroxyl groups is 1. The van der Waals surface area contributed by atoms with Crippen molar-refractivity contribution in [3.63, 3.8) is 0 Å². The summed E-state index contributed by atoms with van der Waals surface area (Å²) >= 11 is 0. The third-order valence-electron chi connectivity index (χ3n) is 1.29. The van der Waals surface area contributed by atoms with Gasteiger partial charge in [0.15, 0.2) is 5.60 Å². The SMILES string of the molecule is O=C(O)CC(O)(CC(=O)O)C(=O)O.[Au]. The summed E-state index contributed by atoms with van der Waals surface area (Å²) in [6, 6.07) is 0. The molecule has 0 saturated carbocycles. The van der Waals surface area contributed by atoms with Gasteiger partial charge in [0.2, 0.25) is 0 Å². The first kappa shape index (κ1) is 15.6. The third kappa shape index (κ3) is 4.97. The molecule has 0 aliphatic carbocycles. The maximum absolute atomic E-state index is 10.3. The van der Waals surface area contributed by atoms with Gasteiger partial charge in [-0.3, -0.25) is 9.59 Å². The van der Waals surface area contributed by atoms with E-state index in [1.807, 2.05) is 0 Å². The van der Waals surface area contributed by atoms with Crippen LogP contribution in [0, 0.1) is 0 Å². The van der Waals surface area contributed by atoms with Crippen LogP contribution in [0.5, 0.6) is 0 Å². The van der Waals surface area contributed by atoms with Gasteiger partial charge in [0.1, 0.15) is 0 Å². The van der Waals surface area contributed by atoms with Gasteiger partial charge in [-0.2, -0.15) is 0 Å². The van der Waals surface area contributed by atoms with E-state index in [9.17, 15) is 14.4 Å². The molecule has 7 nitrogen and oxygen atoms in total. The summed E-state index contributed by atoms with van der Waals surface area (Å²) in [7, 11) is 0. The normalized spacial score (nSPS) is 10.1. The molecule has 0 aromatic rings. The zero-order valence-electron chi connectivity index (χ0n) is 6.73. The molecule has 0 atom stereocenters. The molecule has 0 aliphatic heterocycles. The molecule has 85 valence electrons. The topological polar surface area (TPSA) is 132 Å². The molecule has 0 aliphatic rings. The van der Waals surface area contributed by atoms with Crippen molar-refractivity contribution in [2.75, 3.05) is 0 Å². The minimum Gasteiger partial charge on any atom is -0.481 e. The number of carboxylic acid groups (broad SMARTS) is 3.